The van der Waals surface area contributed by atoms with Gasteiger partial charge in [-0.25, -0.2) is 0 Å². The van der Waals surface area contributed by atoms with Crippen LogP contribution in [0.2, 0.25) is 0 Å². The van der Waals surface area contributed by atoms with Gasteiger partial charge in [-0.1, -0.05) is 19.1 Å². The van der Waals surface area contributed by atoms with Crippen LogP contribution in [0, 0.1) is 0 Å². The van der Waals surface area contributed by atoms with Gasteiger partial charge in [0.2, 0.25) is 6.79 Å². The van der Waals surface area contributed by atoms with E-state index >= 15 is 0 Å². The highest BCUT2D eigenvalue weighted by molar-refractivity contribution is 5.53. The van der Waals surface area contributed by atoms with Crippen LogP contribution in [0.25, 0.3) is 0 Å². The summed E-state index contributed by atoms with van der Waals surface area (Å²) in [5, 5.41) is 0. The molecule has 0 fully saturated rings. The molecule has 2 aromatic rings. The summed E-state index contributed by atoms with van der Waals surface area (Å²) >= 11 is 0. The van der Waals surface area contributed by atoms with Gasteiger partial charge in [-0.15, -0.1) is 0 Å². The van der Waals surface area contributed by atoms with E-state index in [-0.39, 0.29) is 6.79 Å². The van der Waals surface area contributed by atoms with E-state index in [1.807, 2.05) is 24.3 Å². The molecule has 4 nitrogen and oxygen atoms in total. The van der Waals surface area contributed by atoms with Crippen LogP contribution >= 0.6 is 0 Å². The Hall–Kier alpha value is -2.36. The van der Waals surface area contributed by atoms with Crippen LogP contribution in [0.3, 0.4) is 0 Å². The molecule has 2 aromatic carbocycles. The zero-order chi connectivity index (χ0) is 15.4. The highest BCUT2D eigenvalue weighted by Gasteiger charge is 2.18. The molecule has 0 spiro atoms. The third kappa shape index (κ3) is 3.11. The summed E-state index contributed by atoms with van der Waals surface area (Å²) in [7, 11) is 1.67. The lowest BCUT2D eigenvalue weighted by atomic mass is 10.0. The third-order valence-corrected chi connectivity index (χ3v) is 3.57. The van der Waals surface area contributed by atoms with Gasteiger partial charge < -0.3 is 18.9 Å². The maximum atomic E-state index is 5.87. The van der Waals surface area contributed by atoms with Crippen LogP contribution in [-0.2, 0) is 6.42 Å². The predicted octanol–water partition coefficient (Wildman–Crippen LogP) is 3.80. The number of ether oxygens (including phenoxy) is 4. The van der Waals surface area contributed by atoms with Crippen molar-refractivity contribution in [2.45, 2.75) is 19.8 Å². The minimum absolute atomic E-state index is 0.272. The molecule has 0 saturated heterocycles. The molecule has 0 N–H and O–H groups in total. The fourth-order valence-corrected chi connectivity index (χ4v) is 2.41. The first kappa shape index (κ1) is 14.6. The van der Waals surface area contributed by atoms with Gasteiger partial charge in [-0.2, -0.15) is 0 Å². The van der Waals surface area contributed by atoms with Gasteiger partial charge in [0.05, 0.1) is 13.7 Å². The highest BCUT2D eigenvalue weighted by atomic mass is 16.7. The Bertz CT molecular complexity index is 634. The lowest BCUT2D eigenvalue weighted by Gasteiger charge is -2.12. The minimum atomic E-state index is 0.272. The lowest BCUT2D eigenvalue weighted by molar-refractivity contribution is 0.173. The second-order valence-corrected chi connectivity index (χ2v) is 5.19. The van der Waals surface area contributed by atoms with Crippen LogP contribution in [0.1, 0.15) is 24.5 Å². The summed E-state index contributed by atoms with van der Waals surface area (Å²) in [6.45, 7) is 3.06. The molecule has 0 aromatic heterocycles. The second-order valence-electron chi connectivity index (χ2n) is 5.19. The Morgan fingerprint density at radius 1 is 1.05 bits per heavy atom. The summed E-state index contributed by atoms with van der Waals surface area (Å²) in [5.41, 5.74) is 2.30. The molecule has 0 amide bonds. The smallest absolute Gasteiger partial charge is 0.231 e. The largest absolute Gasteiger partial charge is 0.497 e. The molecule has 1 aliphatic heterocycles. The van der Waals surface area contributed by atoms with Crippen LogP contribution in [0.4, 0.5) is 0 Å². The summed E-state index contributed by atoms with van der Waals surface area (Å²) in [6, 6.07) is 12.0. The van der Waals surface area contributed by atoms with E-state index in [9.17, 15) is 0 Å². The van der Waals surface area contributed by atoms with Crippen molar-refractivity contribution < 1.29 is 18.9 Å². The van der Waals surface area contributed by atoms with Crippen molar-refractivity contribution in [3.63, 3.8) is 0 Å². The zero-order valence-corrected chi connectivity index (χ0v) is 12.9. The van der Waals surface area contributed by atoms with E-state index in [1.165, 1.54) is 5.56 Å². The average Bonchev–Trinajstić information content (AvgIpc) is 3.00. The molecule has 1 heterocycles. The van der Waals surface area contributed by atoms with Gasteiger partial charge in [0.1, 0.15) is 11.5 Å². The van der Waals surface area contributed by atoms with Crippen molar-refractivity contribution in [3.8, 4) is 23.0 Å². The van der Waals surface area contributed by atoms with E-state index in [1.54, 1.807) is 7.11 Å². The Morgan fingerprint density at radius 2 is 1.77 bits per heavy atom. The summed E-state index contributed by atoms with van der Waals surface area (Å²) in [5.74, 6) is 3.26. The van der Waals surface area contributed by atoms with Crippen LogP contribution in [-0.4, -0.2) is 20.5 Å². The first-order valence-electron chi connectivity index (χ1n) is 7.48. The van der Waals surface area contributed by atoms with Crippen molar-refractivity contribution in [1.82, 2.24) is 0 Å². The molecule has 0 bridgehead atoms. The van der Waals surface area contributed by atoms with Crippen LogP contribution in [0.5, 0.6) is 23.0 Å². The first-order chi connectivity index (χ1) is 10.8. The van der Waals surface area contributed by atoms with Crippen molar-refractivity contribution in [1.29, 1.82) is 0 Å². The van der Waals surface area contributed by atoms with Crippen molar-refractivity contribution in [2.75, 3.05) is 20.5 Å². The lowest BCUT2D eigenvalue weighted by Crippen LogP contribution is -2.00. The number of hydrogen-bond acceptors (Lipinski definition) is 4. The molecular weight excluding hydrogens is 280 g/mol. The quantitative estimate of drug-likeness (QED) is 0.813. The van der Waals surface area contributed by atoms with Gasteiger partial charge in [-0.05, 0) is 30.2 Å². The topological polar surface area (TPSA) is 36.9 Å². The average molecular weight is 300 g/mol. The molecule has 22 heavy (non-hydrogen) atoms. The first-order valence-corrected chi connectivity index (χ1v) is 7.48. The minimum Gasteiger partial charge on any atom is -0.497 e. The van der Waals surface area contributed by atoms with Crippen molar-refractivity contribution in [2.24, 2.45) is 0 Å². The molecule has 3 rings (SSSR count). The normalized spacial score (nSPS) is 12.3. The van der Waals surface area contributed by atoms with E-state index in [0.29, 0.717) is 6.61 Å². The number of benzene rings is 2. The number of fused-ring (bicyclic) bond motifs is 1. The van der Waals surface area contributed by atoms with E-state index in [4.69, 9.17) is 18.9 Å². The zero-order valence-electron chi connectivity index (χ0n) is 12.9. The predicted molar refractivity (Wildman–Crippen MR) is 84.2 cm³/mol. The van der Waals surface area contributed by atoms with Gasteiger partial charge in [0.15, 0.2) is 11.5 Å². The molecule has 0 aliphatic carbocycles. The Balaban J connectivity index is 1.86. The molecular formula is C18H20O4. The van der Waals surface area contributed by atoms with E-state index < -0.39 is 0 Å². The van der Waals surface area contributed by atoms with E-state index in [0.717, 1.165) is 41.4 Å². The Labute approximate surface area is 130 Å². The van der Waals surface area contributed by atoms with Gasteiger partial charge >= 0.3 is 0 Å². The monoisotopic (exact) mass is 300 g/mol. The number of rotatable bonds is 6. The highest BCUT2D eigenvalue weighted by Crippen LogP contribution is 2.39. The third-order valence-electron chi connectivity index (χ3n) is 3.57. The molecule has 1 aliphatic rings. The SMILES string of the molecule is CCCOc1cc2c(cc1Cc1ccc(OC)cc1)OCO2. The summed E-state index contributed by atoms with van der Waals surface area (Å²) in [4.78, 5) is 0. The molecule has 0 atom stereocenters. The summed E-state index contributed by atoms with van der Waals surface area (Å²) in [6.07, 6.45) is 1.75. The molecule has 0 unspecified atom stereocenters. The molecule has 4 heteroatoms. The fourth-order valence-electron chi connectivity index (χ4n) is 2.41. The number of methoxy groups -OCH3 is 1. The van der Waals surface area contributed by atoms with Crippen LogP contribution < -0.4 is 18.9 Å². The van der Waals surface area contributed by atoms with Gasteiger partial charge in [0, 0.05) is 18.1 Å². The number of hydrogen-bond donors (Lipinski definition) is 0. The maximum Gasteiger partial charge on any atom is 0.231 e. The fraction of sp³-hybridized carbons (Fsp3) is 0.333. The summed E-state index contributed by atoms with van der Waals surface area (Å²) < 4.78 is 22.0. The molecule has 0 radical (unpaired) electrons. The standard InChI is InChI=1S/C18H20O4/c1-3-8-20-16-11-18-17(21-12-22-18)10-14(16)9-13-4-6-15(19-2)7-5-13/h4-7,10-11H,3,8-9,12H2,1-2H3. The van der Waals surface area contributed by atoms with Crippen molar-refractivity contribution in [3.05, 3.63) is 47.5 Å². The molecule has 116 valence electrons. The Morgan fingerprint density at radius 3 is 2.45 bits per heavy atom. The van der Waals surface area contributed by atoms with Crippen molar-refractivity contribution >= 4 is 0 Å². The van der Waals surface area contributed by atoms with Gasteiger partial charge in [0.25, 0.3) is 0 Å². The van der Waals surface area contributed by atoms with Gasteiger partial charge in [-0.3, -0.25) is 0 Å². The maximum absolute atomic E-state index is 5.87. The Kier molecular flexibility index (Phi) is 4.37. The van der Waals surface area contributed by atoms with Crippen LogP contribution in [0.15, 0.2) is 36.4 Å². The molecule has 0 saturated carbocycles. The second kappa shape index (κ2) is 6.60. The van der Waals surface area contributed by atoms with E-state index in [2.05, 4.69) is 19.1 Å².